The van der Waals surface area contributed by atoms with Crippen LogP contribution in [0.1, 0.15) is 32.7 Å². The summed E-state index contributed by atoms with van der Waals surface area (Å²) in [6, 6.07) is 1.76. The summed E-state index contributed by atoms with van der Waals surface area (Å²) in [5.41, 5.74) is 2.51. The minimum absolute atomic E-state index is 0.00912. The average Bonchev–Trinajstić information content (AvgIpc) is 2.93. The molecule has 3 rings (SSSR count). The van der Waals surface area contributed by atoms with E-state index >= 15 is 0 Å². The van der Waals surface area contributed by atoms with E-state index in [-0.39, 0.29) is 11.9 Å². The third-order valence-corrected chi connectivity index (χ3v) is 4.28. The standard InChI is InChI=1S/C15H17N3O2S/c1-10-5-12(7-16-6-10)15(19)18-3-4-20-8-14(18)13-9-21-11(2)17-13/h5-7,9,14H,3-4,8H2,1-2H3/t14-/m0/s1. The number of carbonyl (C=O) groups is 1. The Hall–Kier alpha value is -1.79. The van der Waals surface area contributed by atoms with Crippen molar-refractivity contribution in [2.24, 2.45) is 0 Å². The van der Waals surface area contributed by atoms with Crippen molar-refractivity contribution in [3.05, 3.63) is 45.7 Å². The maximum absolute atomic E-state index is 12.7. The number of amides is 1. The molecule has 1 fully saturated rings. The average molecular weight is 303 g/mol. The highest BCUT2D eigenvalue weighted by atomic mass is 32.1. The molecule has 2 aromatic rings. The van der Waals surface area contributed by atoms with Gasteiger partial charge in [-0.2, -0.15) is 0 Å². The van der Waals surface area contributed by atoms with Crippen LogP contribution in [0.4, 0.5) is 0 Å². The Balaban J connectivity index is 1.89. The largest absolute Gasteiger partial charge is 0.377 e. The summed E-state index contributed by atoms with van der Waals surface area (Å²) in [5, 5.41) is 3.00. The van der Waals surface area contributed by atoms with Crippen LogP contribution in [-0.2, 0) is 4.74 Å². The molecular weight excluding hydrogens is 286 g/mol. The molecule has 0 N–H and O–H groups in total. The highest BCUT2D eigenvalue weighted by molar-refractivity contribution is 7.09. The zero-order chi connectivity index (χ0) is 14.8. The van der Waals surface area contributed by atoms with Gasteiger partial charge in [0.05, 0.1) is 35.5 Å². The van der Waals surface area contributed by atoms with Gasteiger partial charge in [-0.15, -0.1) is 11.3 Å². The molecule has 1 aliphatic rings. The first-order chi connectivity index (χ1) is 10.1. The van der Waals surface area contributed by atoms with Gasteiger partial charge in [0.1, 0.15) is 0 Å². The van der Waals surface area contributed by atoms with Crippen molar-refractivity contribution in [1.82, 2.24) is 14.9 Å². The maximum Gasteiger partial charge on any atom is 0.256 e. The summed E-state index contributed by atoms with van der Waals surface area (Å²) in [6.45, 7) is 5.53. The van der Waals surface area contributed by atoms with Crippen LogP contribution in [0.5, 0.6) is 0 Å². The number of ether oxygens (including phenoxy) is 1. The normalized spacial score (nSPS) is 18.8. The number of hydrogen-bond donors (Lipinski definition) is 0. The smallest absolute Gasteiger partial charge is 0.256 e. The van der Waals surface area contributed by atoms with Gasteiger partial charge >= 0.3 is 0 Å². The molecule has 21 heavy (non-hydrogen) atoms. The first kappa shape index (κ1) is 14.2. The number of morpholine rings is 1. The lowest BCUT2D eigenvalue weighted by Gasteiger charge is -2.34. The number of pyridine rings is 1. The van der Waals surface area contributed by atoms with Gasteiger partial charge in [-0.1, -0.05) is 0 Å². The van der Waals surface area contributed by atoms with Crippen LogP contribution in [-0.4, -0.2) is 40.5 Å². The molecule has 1 saturated heterocycles. The van der Waals surface area contributed by atoms with E-state index in [1.54, 1.807) is 23.7 Å². The van der Waals surface area contributed by atoms with Crippen LogP contribution < -0.4 is 0 Å². The Morgan fingerprint density at radius 1 is 1.43 bits per heavy atom. The molecule has 0 unspecified atom stereocenters. The Bertz CT molecular complexity index is 656. The first-order valence-corrected chi connectivity index (χ1v) is 7.75. The zero-order valence-corrected chi connectivity index (χ0v) is 12.9. The van der Waals surface area contributed by atoms with Gasteiger partial charge in [-0.05, 0) is 25.5 Å². The highest BCUT2D eigenvalue weighted by Gasteiger charge is 2.31. The van der Waals surface area contributed by atoms with Gasteiger partial charge in [0.25, 0.3) is 5.91 Å². The van der Waals surface area contributed by atoms with E-state index in [1.807, 2.05) is 30.2 Å². The monoisotopic (exact) mass is 303 g/mol. The SMILES string of the molecule is Cc1cncc(C(=O)N2CCOC[C@H]2c2csc(C)n2)c1. The van der Waals surface area contributed by atoms with Crippen LogP contribution >= 0.6 is 11.3 Å². The number of hydrogen-bond acceptors (Lipinski definition) is 5. The third kappa shape index (κ3) is 2.96. The Kier molecular flexibility index (Phi) is 3.98. The molecule has 110 valence electrons. The molecular formula is C15H17N3O2S. The molecule has 3 heterocycles. The first-order valence-electron chi connectivity index (χ1n) is 6.87. The van der Waals surface area contributed by atoms with Crippen molar-refractivity contribution in [3.63, 3.8) is 0 Å². The van der Waals surface area contributed by atoms with E-state index in [1.165, 1.54) is 0 Å². The van der Waals surface area contributed by atoms with Crippen molar-refractivity contribution in [2.45, 2.75) is 19.9 Å². The van der Waals surface area contributed by atoms with Crippen LogP contribution in [0, 0.1) is 13.8 Å². The molecule has 0 aliphatic carbocycles. The van der Waals surface area contributed by atoms with Crippen LogP contribution in [0.2, 0.25) is 0 Å². The number of nitrogens with zero attached hydrogens (tertiary/aromatic N) is 3. The van der Waals surface area contributed by atoms with Crippen molar-refractivity contribution in [3.8, 4) is 0 Å². The van der Waals surface area contributed by atoms with Crippen molar-refractivity contribution >= 4 is 17.2 Å². The summed E-state index contributed by atoms with van der Waals surface area (Å²) < 4.78 is 5.54. The molecule has 1 atom stereocenters. The minimum Gasteiger partial charge on any atom is -0.377 e. The predicted octanol–water partition coefficient (Wildman–Crippen LogP) is 2.37. The van der Waals surface area contributed by atoms with E-state index in [0.29, 0.717) is 25.3 Å². The topological polar surface area (TPSA) is 55.3 Å². The fourth-order valence-corrected chi connectivity index (χ4v) is 3.12. The lowest BCUT2D eigenvalue weighted by molar-refractivity contribution is -0.00378. The van der Waals surface area contributed by atoms with Crippen LogP contribution in [0.25, 0.3) is 0 Å². The molecule has 2 aromatic heterocycles. The molecule has 0 saturated carbocycles. The predicted molar refractivity (Wildman–Crippen MR) is 80.4 cm³/mol. The van der Waals surface area contributed by atoms with Gasteiger partial charge in [0.15, 0.2) is 0 Å². The van der Waals surface area contributed by atoms with Gasteiger partial charge in [-0.3, -0.25) is 9.78 Å². The maximum atomic E-state index is 12.7. The van der Waals surface area contributed by atoms with Gasteiger partial charge < -0.3 is 9.64 Å². The quantitative estimate of drug-likeness (QED) is 0.854. The molecule has 0 aromatic carbocycles. The van der Waals surface area contributed by atoms with Crippen LogP contribution in [0.3, 0.4) is 0 Å². The highest BCUT2D eigenvalue weighted by Crippen LogP contribution is 2.27. The van der Waals surface area contributed by atoms with Gasteiger partial charge in [-0.25, -0.2) is 4.98 Å². The van der Waals surface area contributed by atoms with Crippen molar-refractivity contribution in [1.29, 1.82) is 0 Å². The van der Waals surface area contributed by atoms with E-state index in [2.05, 4.69) is 9.97 Å². The summed E-state index contributed by atoms with van der Waals surface area (Å²) in [7, 11) is 0. The molecule has 5 nitrogen and oxygen atoms in total. The minimum atomic E-state index is -0.114. The number of carbonyl (C=O) groups excluding carboxylic acids is 1. The second-order valence-electron chi connectivity index (χ2n) is 5.13. The van der Waals surface area contributed by atoms with E-state index in [4.69, 9.17) is 4.74 Å². The molecule has 0 bridgehead atoms. The summed E-state index contributed by atoms with van der Waals surface area (Å²) in [6.07, 6.45) is 3.37. The van der Waals surface area contributed by atoms with E-state index in [9.17, 15) is 4.79 Å². The summed E-state index contributed by atoms with van der Waals surface area (Å²) in [5.74, 6) is -0.00912. The number of rotatable bonds is 2. The molecule has 1 aliphatic heterocycles. The Labute approximate surface area is 127 Å². The second kappa shape index (κ2) is 5.91. The lowest BCUT2D eigenvalue weighted by atomic mass is 10.1. The zero-order valence-electron chi connectivity index (χ0n) is 12.1. The van der Waals surface area contributed by atoms with E-state index in [0.717, 1.165) is 16.3 Å². The number of aryl methyl sites for hydroxylation is 2. The molecule has 0 spiro atoms. The number of thiazole rings is 1. The summed E-state index contributed by atoms with van der Waals surface area (Å²) in [4.78, 5) is 23.2. The van der Waals surface area contributed by atoms with Crippen molar-refractivity contribution in [2.75, 3.05) is 19.8 Å². The van der Waals surface area contributed by atoms with E-state index < -0.39 is 0 Å². The molecule has 6 heteroatoms. The second-order valence-corrected chi connectivity index (χ2v) is 6.19. The van der Waals surface area contributed by atoms with Crippen LogP contribution in [0.15, 0.2) is 23.8 Å². The molecule has 0 radical (unpaired) electrons. The fraction of sp³-hybridized carbons (Fsp3) is 0.400. The van der Waals surface area contributed by atoms with Gasteiger partial charge in [0.2, 0.25) is 0 Å². The van der Waals surface area contributed by atoms with Gasteiger partial charge in [0, 0.05) is 24.3 Å². The Morgan fingerprint density at radius 3 is 3.00 bits per heavy atom. The summed E-state index contributed by atoms with van der Waals surface area (Å²) >= 11 is 1.59. The fourth-order valence-electron chi connectivity index (χ4n) is 2.46. The Morgan fingerprint density at radius 2 is 2.29 bits per heavy atom. The lowest BCUT2D eigenvalue weighted by Crippen LogP contribution is -2.43. The number of aromatic nitrogens is 2. The van der Waals surface area contributed by atoms with Crippen molar-refractivity contribution < 1.29 is 9.53 Å². The third-order valence-electron chi connectivity index (χ3n) is 3.49. The molecule has 1 amide bonds.